The Labute approximate surface area is 143 Å². The average molecular weight is 327 g/mol. The third-order valence-electron chi connectivity index (χ3n) is 4.67. The van der Waals surface area contributed by atoms with Gasteiger partial charge in [-0.15, -0.1) is 0 Å². The lowest BCUT2D eigenvalue weighted by Gasteiger charge is -2.35. The Balaban J connectivity index is 1.60. The molecule has 1 aliphatic rings. The maximum atomic E-state index is 11.5. The van der Waals surface area contributed by atoms with Crippen molar-refractivity contribution in [2.24, 2.45) is 7.05 Å². The first-order valence-electron chi connectivity index (χ1n) is 8.51. The molecule has 2 aromatic rings. The van der Waals surface area contributed by atoms with Crippen LogP contribution in [0.5, 0.6) is 0 Å². The van der Waals surface area contributed by atoms with Gasteiger partial charge in [0.15, 0.2) is 5.78 Å². The predicted octanol–water partition coefficient (Wildman–Crippen LogP) is 1.90. The smallest absolute Gasteiger partial charge is 0.161 e. The molecule has 0 saturated carbocycles. The SMILES string of the molecule is CCc1cc(N2CCN(Cc3cc(C(C)=O)cn3C)CC2)ncn1. The lowest BCUT2D eigenvalue weighted by molar-refractivity contribution is 0.101. The third-order valence-corrected chi connectivity index (χ3v) is 4.67. The zero-order valence-corrected chi connectivity index (χ0v) is 14.7. The van der Waals surface area contributed by atoms with Gasteiger partial charge in [0.05, 0.1) is 0 Å². The van der Waals surface area contributed by atoms with E-state index in [9.17, 15) is 4.79 Å². The van der Waals surface area contributed by atoms with Crippen molar-refractivity contribution >= 4 is 11.6 Å². The lowest BCUT2D eigenvalue weighted by atomic mass is 10.2. The summed E-state index contributed by atoms with van der Waals surface area (Å²) in [5.41, 5.74) is 3.06. The van der Waals surface area contributed by atoms with Crippen LogP contribution in [0.1, 0.15) is 35.6 Å². The van der Waals surface area contributed by atoms with Crippen molar-refractivity contribution < 1.29 is 4.79 Å². The van der Waals surface area contributed by atoms with Gasteiger partial charge < -0.3 is 9.47 Å². The summed E-state index contributed by atoms with van der Waals surface area (Å²) in [6.07, 6.45) is 4.51. The van der Waals surface area contributed by atoms with Crippen LogP contribution in [-0.4, -0.2) is 51.4 Å². The van der Waals surface area contributed by atoms with Gasteiger partial charge in [0.2, 0.25) is 0 Å². The van der Waals surface area contributed by atoms with Gasteiger partial charge in [-0.2, -0.15) is 0 Å². The largest absolute Gasteiger partial charge is 0.354 e. The van der Waals surface area contributed by atoms with E-state index in [1.807, 2.05) is 19.3 Å². The third kappa shape index (κ3) is 3.64. The van der Waals surface area contributed by atoms with Crippen LogP contribution in [0.4, 0.5) is 5.82 Å². The van der Waals surface area contributed by atoms with Gasteiger partial charge in [-0.1, -0.05) is 6.92 Å². The molecule has 1 fully saturated rings. The Morgan fingerprint density at radius 3 is 2.54 bits per heavy atom. The Morgan fingerprint density at radius 2 is 1.92 bits per heavy atom. The number of piperazine rings is 1. The van der Waals surface area contributed by atoms with Crippen LogP contribution in [-0.2, 0) is 20.0 Å². The van der Waals surface area contributed by atoms with E-state index in [2.05, 4.69) is 37.3 Å². The summed E-state index contributed by atoms with van der Waals surface area (Å²) >= 11 is 0. The van der Waals surface area contributed by atoms with Crippen molar-refractivity contribution in [3.8, 4) is 0 Å². The van der Waals surface area contributed by atoms with Crippen molar-refractivity contribution in [2.45, 2.75) is 26.8 Å². The number of Topliss-reactive ketones (excluding diaryl/α,β-unsaturated/α-hetero) is 1. The summed E-state index contributed by atoms with van der Waals surface area (Å²) < 4.78 is 2.06. The number of nitrogens with zero attached hydrogens (tertiary/aromatic N) is 5. The Kier molecular flexibility index (Phi) is 4.94. The molecule has 0 radical (unpaired) electrons. The number of ketones is 1. The number of aryl methyl sites for hydroxylation is 2. The van der Waals surface area contributed by atoms with Gasteiger partial charge in [0.25, 0.3) is 0 Å². The highest BCUT2D eigenvalue weighted by Crippen LogP contribution is 2.16. The molecular formula is C18H25N5O. The summed E-state index contributed by atoms with van der Waals surface area (Å²) in [6, 6.07) is 4.10. The van der Waals surface area contributed by atoms with Gasteiger partial charge in [0, 0.05) is 69.0 Å². The van der Waals surface area contributed by atoms with E-state index in [0.717, 1.165) is 56.2 Å². The molecule has 0 aromatic carbocycles. The summed E-state index contributed by atoms with van der Waals surface area (Å²) in [4.78, 5) is 24.9. The number of rotatable bonds is 5. The van der Waals surface area contributed by atoms with Gasteiger partial charge in [-0.25, -0.2) is 9.97 Å². The minimum absolute atomic E-state index is 0.122. The number of carbonyl (C=O) groups excluding carboxylic acids is 1. The summed E-state index contributed by atoms with van der Waals surface area (Å²) in [5, 5.41) is 0. The highest BCUT2D eigenvalue weighted by atomic mass is 16.1. The van der Waals surface area contributed by atoms with E-state index in [1.165, 1.54) is 5.69 Å². The Hall–Kier alpha value is -2.21. The highest BCUT2D eigenvalue weighted by Gasteiger charge is 2.19. The van der Waals surface area contributed by atoms with Gasteiger partial charge in [-0.3, -0.25) is 9.69 Å². The topological polar surface area (TPSA) is 54.3 Å². The second-order valence-electron chi connectivity index (χ2n) is 6.37. The van der Waals surface area contributed by atoms with Crippen LogP contribution < -0.4 is 4.90 Å². The number of hydrogen-bond donors (Lipinski definition) is 0. The first kappa shape index (κ1) is 16.6. The maximum Gasteiger partial charge on any atom is 0.161 e. The molecule has 0 spiro atoms. The van der Waals surface area contributed by atoms with E-state index < -0.39 is 0 Å². The van der Waals surface area contributed by atoms with E-state index in [4.69, 9.17) is 0 Å². The molecule has 128 valence electrons. The fraction of sp³-hybridized carbons (Fsp3) is 0.500. The standard InChI is InChI=1S/C18H25N5O/c1-4-16-10-18(20-13-19-16)23-7-5-22(6-8-23)12-17-9-15(14(2)24)11-21(17)3/h9-11,13H,4-8,12H2,1-3H3. The molecule has 2 aromatic heterocycles. The second-order valence-corrected chi connectivity index (χ2v) is 6.37. The normalized spacial score (nSPS) is 15.7. The van der Waals surface area contributed by atoms with E-state index in [0.29, 0.717) is 0 Å². The minimum atomic E-state index is 0.122. The molecule has 0 N–H and O–H groups in total. The van der Waals surface area contributed by atoms with Gasteiger partial charge in [0.1, 0.15) is 12.1 Å². The first-order valence-corrected chi connectivity index (χ1v) is 8.51. The fourth-order valence-corrected chi connectivity index (χ4v) is 3.08. The summed E-state index contributed by atoms with van der Waals surface area (Å²) in [7, 11) is 2.01. The number of carbonyl (C=O) groups is 1. The molecule has 1 saturated heterocycles. The summed E-state index contributed by atoms with van der Waals surface area (Å²) in [5.74, 6) is 1.15. The molecule has 6 nitrogen and oxygen atoms in total. The highest BCUT2D eigenvalue weighted by molar-refractivity contribution is 5.94. The van der Waals surface area contributed by atoms with Crippen molar-refractivity contribution in [3.05, 3.63) is 41.6 Å². The van der Waals surface area contributed by atoms with Crippen LogP contribution in [0.2, 0.25) is 0 Å². The molecule has 6 heteroatoms. The Bertz CT molecular complexity index is 716. The number of hydrogen-bond acceptors (Lipinski definition) is 5. The summed E-state index contributed by atoms with van der Waals surface area (Å²) in [6.45, 7) is 8.51. The zero-order valence-electron chi connectivity index (χ0n) is 14.7. The minimum Gasteiger partial charge on any atom is -0.354 e. The van der Waals surface area contributed by atoms with Crippen LogP contribution in [0.25, 0.3) is 0 Å². The fourth-order valence-electron chi connectivity index (χ4n) is 3.08. The molecule has 0 atom stereocenters. The number of anilines is 1. The predicted molar refractivity (Wildman–Crippen MR) is 94.3 cm³/mol. The molecule has 0 aliphatic carbocycles. The van der Waals surface area contributed by atoms with Crippen LogP contribution in [0.15, 0.2) is 24.7 Å². The van der Waals surface area contributed by atoms with Crippen molar-refractivity contribution in [1.82, 2.24) is 19.4 Å². The van der Waals surface area contributed by atoms with Crippen molar-refractivity contribution in [1.29, 1.82) is 0 Å². The van der Waals surface area contributed by atoms with E-state index in [-0.39, 0.29) is 5.78 Å². The van der Waals surface area contributed by atoms with Crippen molar-refractivity contribution in [2.75, 3.05) is 31.1 Å². The van der Waals surface area contributed by atoms with E-state index >= 15 is 0 Å². The monoisotopic (exact) mass is 327 g/mol. The zero-order chi connectivity index (χ0) is 17.1. The molecule has 0 unspecified atom stereocenters. The molecule has 3 rings (SSSR count). The lowest BCUT2D eigenvalue weighted by Crippen LogP contribution is -2.46. The van der Waals surface area contributed by atoms with Crippen LogP contribution in [0.3, 0.4) is 0 Å². The van der Waals surface area contributed by atoms with Crippen LogP contribution >= 0.6 is 0 Å². The van der Waals surface area contributed by atoms with Gasteiger partial charge >= 0.3 is 0 Å². The van der Waals surface area contributed by atoms with E-state index in [1.54, 1.807) is 13.3 Å². The molecule has 1 aliphatic heterocycles. The molecule has 24 heavy (non-hydrogen) atoms. The van der Waals surface area contributed by atoms with Crippen LogP contribution in [0, 0.1) is 0 Å². The first-order chi connectivity index (χ1) is 11.6. The molecule has 3 heterocycles. The average Bonchev–Trinajstić information content (AvgIpc) is 2.97. The number of aromatic nitrogens is 3. The quantitative estimate of drug-likeness (QED) is 0.785. The van der Waals surface area contributed by atoms with Gasteiger partial charge in [-0.05, 0) is 19.4 Å². The maximum absolute atomic E-state index is 11.5. The molecule has 0 bridgehead atoms. The Morgan fingerprint density at radius 1 is 1.17 bits per heavy atom. The molecular weight excluding hydrogens is 302 g/mol. The van der Waals surface area contributed by atoms with Crippen molar-refractivity contribution in [3.63, 3.8) is 0 Å². The second kappa shape index (κ2) is 7.13. The molecule has 0 amide bonds.